The van der Waals surface area contributed by atoms with Crippen LogP contribution < -0.4 is 5.73 Å². The zero-order valence-electron chi connectivity index (χ0n) is 8.57. The first-order valence-corrected chi connectivity index (χ1v) is 4.63. The second kappa shape index (κ2) is 4.05. The molecule has 0 saturated heterocycles. The van der Waals surface area contributed by atoms with Crippen LogP contribution in [0.2, 0.25) is 0 Å². The maximum Gasteiger partial charge on any atom is 0.292 e. The molecule has 0 saturated carbocycles. The summed E-state index contributed by atoms with van der Waals surface area (Å²) in [5.74, 6) is -0.147. The van der Waals surface area contributed by atoms with Crippen LogP contribution in [0.15, 0.2) is 30.7 Å². The monoisotopic (exact) mass is 232 g/mol. The molecule has 3 N–H and O–H groups in total. The van der Waals surface area contributed by atoms with Gasteiger partial charge in [-0.3, -0.25) is 10.1 Å². The second-order valence-corrected chi connectivity index (χ2v) is 3.29. The quantitative estimate of drug-likeness (QED) is 0.458. The number of hydrogen-bond donors (Lipinski definition) is 2. The van der Waals surface area contributed by atoms with Gasteiger partial charge >= 0.3 is 0 Å². The normalized spacial score (nSPS) is 10.1. The smallest absolute Gasteiger partial charge is 0.292 e. The number of aromatic nitrogens is 2. The molecule has 1 heterocycles. The third-order valence-electron chi connectivity index (χ3n) is 2.19. The van der Waals surface area contributed by atoms with Gasteiger partial charge in [0.25, 0.3) is 5.69 Å². The molecular formula is C10H8N4O3. The molecule has 17 heavy (non-hydrogen) atoms. The van der Waals surface area contributed by atoms with Gasteiger partial charge in [0.2, 0.25) is 0 Å². The molecule has 1 aromatic carbocycles. The van der Waals surface area contributed by atoms with E-state index >= 15 is 0 Å². The molecule has 0 bridgehead atoms. The number of nitrogen functional groups attached to an aromatic ring is 1. The van der Waals surface area contributed by atoms with Gasteiger partial charge in [-0.15, -0.1) is 0 Å². The third-order valence-corrected chi connectivity index (χ3v) is 2.19. The van der Waals surface area contributed by atoms with Crippen molar-refractivity contribution >= 4 is 11.4 Å². The van der Waals surface area contributed by atoms with E-state index in [-0.39, 0.29) is 22.8 Å². The fraction of sp³-hybridized carbons (Fsp3) is 0. The highest BCUT2D eigenvalue weighted by Crippen LogP contribution is 2.31. The topological polar surface area (TPSA) is 115 Å². The van der Waals surface area contributed by atoms with E-state index in [1.54, 1.807) is 6.07 Å². The van der Waals surface area contributed by atoms with E-state index in [4.69, 9.17) is 5.73 Å². The lowest BCUT2D eigenvalue weighted by Crippen LogP contribution is -1.96. The van der Waals surface area contributed by atoms with E-state index in [1.807, 2.05) is 0 Å². The fourth-order valence-corrected chi connectivity index (χ4v) is 1.39. The average Bonchev–Trinajstić information content (AvgIpc) is 2.30. The number of nitro benzene ring substituents is 1. The van der Waals surface area contributed by atoms with Gasteiger partial charge in [0, 0.05) is 11.6 Å². The van der Waals surface area contributed by atoms with E-state index in [2.05, 4.69) is 9.97 Å². The molecule has 0 aliphatic carbocycles. The Balaban J connectivity index is 2.58. The van der Waals surface area contributed by atoms with Crippen LogP contribution in [0.25, 0.3) is 11.3 Å². The van der Waals surface area contributed by atoms with Crippen molar-refractivity contribution < 1.29 is 10.0 Å². The summed E-state index contributed by atoms with van der Waals surface area (Å²) in [5.41, 5.74) is 5.94. The maximum absolute atomic E-state index is 10.7. The highest BCUT2D eigenvalue weighted by Gasteiger charge is 2.14. The van der Waals surface area contributed by atoms with E-state index in [9.17, 15) is 15.2 Å². The molecule has 0 aliphatic heterocycles. The van der Waals surface area contributed by atoms with Crippen molar-refractivity contribution in [2.75, 3.05) is 5.73 Å². The molecule has 0 aliphatic rings. The van der Waals surface area contributed by atoms with Gasteiger partial charge in [0.1, 0.15) is 17.7 Å². The number of benzene rings is 1. The van der Waals surface area contributed by atoms with E-state index in [0.29, 0.717) is 5.56 Å². The third kappa shape index (κ3) is 1.98. The number of aromatic hydroxyl groups is 1. The molecule has 0 fully saturated rings. The molecule has 2 rings (SSSR count). The van der Waals surface area contributed by atoms with Gasteiger partial charge < -0.3 is 10.8 Å². The zero-order valence-corrected chi connectivity index (χ0v) is 8.57. The molecule has 0 atom stereocenters. The summed E-state index contributed by atoms with van der Waals surface area (Å²) in [6.07, 6.45) is 2.46. The molecule has 2 aromatic rings. The predicted octanol–water partition coefficient (Wildman–Crippen LogP) is 1.34. The van der Waals surface area contributed by atoms with Gasteiger partial charge in [0.05, 0.1) is 11.1 Å². The first kappa shape index (κ1) is 10.8. The van der Waals surface area contributed by atoms with Crippen molar-refractivity contribution in [2.45, 2.75) is 0 Å². The van der Waals surface area contributed by atoms with Crippen molar-refractivity contribution in [3.8, 4) is 17.0 Å². The van der Waals surface area contributed by atoms with Crippen LogP contribution in [0.4, 0.5) is 11.4 Å². The van der Waals surface area contributed by atoms with E-state index in [0.717, 1.165) is 0 Å². The Morgan fingerprint density at radius 1 is 1.41 bits per heavy atom. The van der Waals surface area contributed by atoms with Crippen LogP contribution in [0.1, 0.15) is 0 Å². The molecular weight excluding hydrogens is 224 g/mol. The first-order valence-electron chi connectivity index (χ1n) is 4.63. The standard InChI is InChI=1S/C10H8N4O3/c11-7-2-1-6(3-8(7)14(16)17)10-9(15)4-12-5-13-10/h1-5,15H,11H2. The minimum atomic E-state index is -0.586. The highest BCUT2D eigenvalue weighted by atomic mass is 16.6. The Hall–Kier alpha value is -2.70. The number of nitrogens with two attached hydrogens (primary N) is 1. The minimum absolute atomic E-state index is 0.0623. The van der Waals surface area contributed by atoms with Gasteiger partial charge in [0.15, 0.2) is 5.75 Å². The molecule has 1 aromatic heterocycles. The number of anilines is 1. The van der Waals surface area contributed by atoms with Crippen molar-refractivity contribution in [1.82, 2.24) is 9.97 Å². The van der Waals surface area contributed by atoms with Gasteiger partial charge in [-0.2, -0.15) is 0 Å². The largest absolute Gasteiger partial charge is 0.504 e. The van der Waals surface area contributed by atoms with Crippen molar-refractivity contribution in [2.24, 2.45) is 0 Å². The molecule has 7 heteroatoms. The van der Waals surface area contributed by atoms with E-state index in [1.165, 1.54) is 24.7 Å². The molecule has 0 spiro atoms. The Bertz CT molecular complexity index is 586. The first-order chi connectivity index (χ1) is 8.09. The summed E-state index contributed by atoms with van der Waals surface area (Å²) in [7, 11) is 0. The van der Waals surface area contributed by atoms with Gasteiger partial charge in [-0.25, -0.2) is 9.97 Å². The average molecular weight is 232 g/mol. The summed E-state index contributed by atoms with van der Waals surface area (Å²) in [4.78, 5) is 17.6. The van der Waals surface area contributed by atoms with E-state index < -0.39 is 4.92 Å². The number of rotatable bonds is 2. The lowest BCUT2D eigenvalue weighted by atomic mass is 10.1. The molecule has 0 radical (unpaired) electrons. The Kier molecular flexibility index (Phi) is 2.57. The lowest BCUT2D eigenvalue weighted by molar-refractivity contribution is -0.383. The fourth-order valence-electron chi connectivity index (χ4n) is 1.39. The molecule has 0 unspecified atom stereocenters. The van der Waals surface area contributed by atoms with Crippen LogP contribution in [-0.2, 0) is 0 Å². The van der Waals surface area contributed by atoms with Crippen LogP contribution in [-0.4, -0.2) is 20.0 Å². The summed E-state index contributed by atoms with van der Waals surface area (Å²) < 4.78 is 0. The van der Waals surface area contributed by atoms with Crippen molar-refractivity contribution in [3.63, 3.8) is 0 Å². The Morgan fingerprint density at radius 3 is 2.82 bits per heavy atom. The number of nitro groups is 1. The van der Waals surface area contributed by atoms with Crippen LogP contribution in [0.5, 0.6) is 5.75 Å². The molecule has 7 nitrogen and oxygen atoms in total. The second-order valence-electron chi connectivity index (χ2n) is 3.29. The maximum atomic E-state index is 10.7. The van der Waals surface area contributed by atoms with Crippen LogP contribution in [0.3, 0.4) is 0 Å². The highest BCUT2D eigenvalue weighted by molar-refractivity contribution is 5.72. The number of hydrogen-bond acceptors (Lipinski definition) is 6. The lowest BCUT2D eigenvalue weighted by Gasteiger charge is -2.03. The molecule has 86 valence electrons. The number of nitrogens with zero attached hydrogens (tertiary/aromatic N) is 3. The zero-order chi connectivity index (χ0) is 12.4. The van der Waals surface area contributed by atoms with Crippen LogP contribution in [0, 0.1) is 10.1 Å². The Morgan fingerprint density at radius 2 is 2.18 bits per heavy atom. The van der Waals surface area contributed by atoms with Gasteiger partial charge in [-0.05, 0) is 6.07 Å². The Labute approximate surface area is 95.7 Å². The SMILES string of the molecule is Nc1ccc(-c2ncncc2O)cc1[N+](=O)[O-]. The predicted molar refractivity (Wildman–Crippen MR) is 60.2 cm³/mol. The van der Waals surface area contributed by atoms with Gasteiger partial charge in [-0.1, -0.05) is 6.07 Å². The summed E-state index contributed by atoms with van der Waals surface area (Å²) in [6, 6.07) is 4.21. The molecule has 0 amide bonds. The minimum Gasteiger partial charge on any atom is -0.504 e. The van der Waals surface area contributed by atoms with Crippen molar-refractivity contribution in [1.29, 1.82) is 0 Å². The summed E-state index contributed by atoms with van der Waals surface area (Å²) in [5, 5.41) is 20.3. The summed E-state index contributed by atoms with van der Waals surface area (Å²) in [6.45, 7) is 0. The van der Waals surface area contributed by atoms with Crippen LogP contribution >= 0.6 is 0 Å². The van der Waals surface area contributed by atoms with Crippen molar-refractivity contribution in [3.05, 3.63) is 40.8 Å². The summed E-state index contributed by atoms with van der Waals surface area (Å²) >= 11 is 0.